The molecule has 0 fully saturated rings. The van der Waals surface area contributed by atoms with Gasteiger partial charge in [0.2, 0.25) is 0 Å². The van der Waals surface area contributed by atoms with E-state index in [1.165, 1.54) is 22.3 Å². The van der Waals surface area contributed by atoms with Crippen molar-refractivity contribution in [2.24, 2.45) is 0 Å². The highest BCUT2D eigenvalue weighted by atomic mass is 16.5. The first-order valence-electron chi connectivity index (χ1n) is 18.1. The fourth-order valence-electron chi connectivity index (χ4n) is 8.61. The molecule has 2 heterocycles. The molecule has 1 aliphatic carbocycles. The van der Waals surface area contributed by atoms with Crippen LogP contribution in [0.2, 0.25) is 0 Å². The summed E-state index contributed by atoms with van der Waals surface area (Å²) in [5.41, 5.74) is 11.7. The monoisotopic (exact) mass is 681 g/mol. The smallest absolute Gasteiger partial charge is 0.164 e. The molecule has 7 aromatic carbocycles. The number of para-hydroxylation sites is 2. The van der Waals surface area contributed by atoms with Gasteiger partial charge in [0.1, 0.15) is 11.5 Å². The fraction of sp³-hybridized carbons (Fsp3) is 0.0816. The number of fused-ring (bicyclic) bond motifs is 8. The molecule has 1 aliphatic heterocycles. The largest absolute Gasteiger partial charge is 0.456 e. The molecule has 252 valence electrons. The predicted octanol–water partition coefficient (Wildman–Crippen LogP) is 11.7. The number of rotatable bonds is 4. The van der Waals surface area contributed by atoms with Gasteiger partial charge in [-0.25, -0.2) is 15.0 Å². The summed E-state index contributed by atoms with van der Waals surface area (Å²) >= 11 is 0. The van der Waals surface area contributed by atoms with E-state index in [2.05, 4.69) is 129 Å². The van der Waals surface area contributed by atoms with Crippen molar-refractivity contribution >= 4 is 0 Å². The van der Waals surface area contributed by atoms with E-state index < -0.39 is 5.41 Å². The minimum Gasteiger partial charge on any atom is -0.456 e. The molecule has 0 saturated carbocycles. The van der Waals surface area contributed by atoms with Crippen molar-refractivity contribution in [3.63, 3.8) is 0 Å². The van der Waals surface area contributed by atoms with Crippen molar-refractivity contribution < 1.29 is 4.74 Å². The Morgan fingerprint density at radius 2 is 0.774 bits per heavy atom. The first kappa shape index (κ1) is 31.1. The second kappa shape index (κ2) is 12.0. The molecule has 0 radical (unpaired) electrons. The third-order valence-corrected chi connectivity index (χ3v) is 11.1. The van der Waals surface area contributed by atoms with E-state index in [4.69, 9.17) is 19.7 Å². The van der Waals surface area contributed by atoms with E-state index in [9.17, 15) is 0 Å². The number of benzene rings is 7. The average molecular weight is 682 g/mol. The molecule has 0 saturated heterocycles. The van der Waals surface area contributed by atoms with Crippen molar-refractivity contribution in [3.05, 3.63) is 209 Å². The molecule has 0 amide bonds. The molecule has 1 spiro atoms. The summed E-state index contributed by atoms with van der Waals surface area (Å²) < 4.78 is 6.98. The van der Waals surface area contributed by atoms with Crippen LogP contribution in [0.15, 0.2) is 176 Å². The van der Waals surface area contributed by atoms with Gasteiger partial charge in [0.15, 0.2) is 17.5 Å². The lowest BCUT2D eigenvalue weighted by atomic mass is 9.53. The Kier molecular flexibility index (Phi) is 7.02. The molecular weight excluding hydrogens is 647 g/mol. The van der Waals surface area contributed by atoms with E-state index in [0.717, 1.165) is 50.4 Å². The Balaban J connectivity index is 1.15. The highest BCUT2D eigenvalue weighted by Gasteiger charge is 2.53. The molecule has 1 aromatic heterocycles. The predicted molar refractivity (Wildman–Crippen MR) is 212 cm³/mol. The van der Waals surface area contributed by atoms with E-state index >= 15 is 0 Å². The Morgan fingerprint density at radius 3 is 1.32 bits per heavy atom. The number of hydrogen-bond donors (Lipinski definition) is 0. The summed E-state index contributed by atoms with van der Waals surface area (Å²) in [5.74, 6) is 3.66. The summed E-state index contributed by atoms with van der Waals surface area (Å²) in [6.45, 7) is 4.69. The molecule has 4 heteroatoms. The van der Waals surface area contributed by atoms with Gasteiger partial charge in [-0.2, -0.15) is 0 Å². The van der Waals surface area contributed by atoms with E-state index in [1.54, 1.807) is 0 Å². The van der Waals surface area contributed by atoms with E-state index in [-0.39, 0.29) is 5.41 Å². The van der Waals surface area contributed by atoms with Crippen LogP contribution in [0.25, 0.3) is 45.3 Å². The maximum Gasteiger partial charge on any atom is 0.164 e. The topological polar surface area (TPSA) is 47.9 Å². The SMILES string of the molecule is CC1(C)c2ccccc2C2(c3ccccc3Oc3c(-c4ccc(-c5nc(-c6ccccc6)nc(-c6ccccc6)n5)cc4)cccc32)c2ccccc21. The molecule has 0 N–H and O–H groups in total. The average Bonchev–Trinajstić information content (AvgIpc) is 3.23. The maximum absolute atomic E-state index is 6.98. The van der Waals surface area contributed by atoms with Crippen LogP contribution < -0.4 is 4.74 Å². The van der Waals surface area contributed by atoms with Crippen LogP contribution in [0.4, 0.5) is 0 Å². The van der Waals surface area contributed by atoms with Gasteiger partial charge in [-0.15, -0.1) is 0 Å². The van der Waals surface area contributed by atoms with Crippen LogP contribution in [0.3, 0.4) is 0 Å². The molecule has 0 unspecified atom stereocenters. The number of aromatic nitrogens is 3. The summed E-state index contributed by atoms with van der Waals surface area (Å²) in [4.78, 5) is 14.8. The Labute approximate surface area is 309 Å². The second-order valence-electron chi connectivity index (χ2n) is 14.4. The molecule has 8 aromatic rings. The molecule has 0 atom stereocenters. The normalized spacial score (nSPS) is 14.3. The summed E-state index contributed by atoms with van der Waals surface area (Å²) in [6, 6.07) is 61.8. The first-order chi connectivity index (χ1) is 26.0. The minimum atomic E-state index is -0.560. The zero-order chi connectivity index (χ0) is 35.6. The number of hydrogen-bond acceptors (Lipinski definition) is 4. The second-order valence-corrected chi connectivity index (χ2v) is 14.4. The van der Waals surface area contributed by atoms with Crippen molar-refractivity contribution in [1.29, 1.82) is 0 Å². The zero-order valence-corrected chi connectivity index (χ0v) is 29.5. The molecule has 0 bridgehead atoms. The fourth-order valence-corrected chi connectivity index (χ4v) is 8.61. The Morgan fingerprint density at radius 1 is 0.358 bits per heavy atom. The van der Waals surface area contributed by atoms with Crippen LogP contribution in [0.5, 0.6) is 11.5 Å². The van der Waals surface area contributed by atoms with E-state index in [1.807, 2.05) is 60.7 Å². The Hall–Kier alpha value is -6.65. The van der Waals surface area contributed by atoms with Crippen LogP contribution in [0.1, 0.15) is 47.2 Å². The van der Waals surface area contributed by atoms with E-state index in [0.29, 0.717) is 17.5 Å². The number of nitrogens with zero attached hydrogens (tertiary/aromatic N) is 3. The minimum absolute atomic E-state index is 0.172. The van der Waals surface area contributed by atoms with Crippen molar-refractivity contribution in [1.82, 2.24) is 15.0 Å². The van der Waals surface area contributed by atoms with Crippen molar-refractivity contribution in [3.8, 4) is 56.8 Å². The Bertz CT molecular complexity index is 2560. The quantitative estimate of drug-likeness (QED) is 0.185. The standard InChI is InChI=1S/C49H35N3O/c1-48(2)37-21-9-11-23-39(37)49(40-24-12-10-22-38(40)48)41-25-13-14-27-43(41)53-44-36(20-15-26-42(44)49)32-28-30-35(31-29-32)47-51-45(33-16-5-3-6-17-33)50-46(52-47)34-18-7-4-8-19-34/h3-31H,1-2H3. The van der Waals surface area contributed by atoms with Crippen LogP contribution in [0, 0.1) is 0 Å². The summed E-state index contributed by atoms with van der Waals surface area (Å²) in [5, 5.41) is 0. The van der Waals surface area contributed by atoms with Gasteiger partial charge in [0, 0.05) is 38.8 Å². The lowest BCUT2D eigenvalue weighted by Gasteiger charge is -2.50. The number of ether oxygens (including phenoxy) is 1. The van der Waals surface area contributed by atoms with Gasteiger partial charge in [0.25, 0.3) is 0 Å². The van der Waals surface area contributed by atoms with Crippen LogP contribution >= 0.6 is 0 Å². The summed E-state index contributed by atoms with van der Waals surface area (Å²) in [6.07, 6.45) is 0. The highest BCUT2D eigenvalue weighted by Crippen LogP contribution is 2.62. The van der Waals surface area contributed by atoms with Gasteiger partial charge in [-0.1, -0.05) is 184 Å². The molecule has 53 heavy (non-hydrogen) atoms. The van der Waals surface area contributed by atoms with Crippen molar-refractivity contribution in [2.45, 2.75) is 24.7 Å². The zero-order valence-electron chi connectivity index (χ0n) is 29.5. The lowest BCUT2D eigenvalue weighted by Crippen LogP contribution is -2.43. The lowest BCUT2D eigenvalue weighted by molar-refractivity contribution is 0.427. The summed E-state index contributed by atoms with van der Waals surface area (Å²) in [7, 11) is 0. The third-order valence-electron chi connectivity index (χ3n) is 11.1. The van der Waals surface area contributed by atoms with Crippen molar-refractivity contribution in [2.75, 3.05) is 0 Å². The first-order valence-corrected chi connectivity index (χ1v) is 18.1. The molecule has 10 rings (SSSR count). The highest BCUT2D eigenvalue weighted by molar-refractivity contribution is 5.82. The molecular formula is C49H35N3O. The van der Waals surface area contributed by atoms with Crippen LogP contribution in [-0.2, 0) is 10.8 Å². The van der Waals surface area contributed by atoms with Gasteiger partial charge in [-0.05, 0) is 33.9 Å². The maximum atomic E-state index is 6.98. The van der Waals surface area contributed by atoms with Crippen LogP contribution in [-0.4, -0.2) is 15.0 Å². The van der Waals surface area contributed by atoms with Gasteiger partial charge >= 0.3 is 0 Å². The van der Waals surface area contributed by atoms with Gasteiger partial charge in [-0.3, -0.25) is 0 Å². The van der Waals surface area contributed by atoms with Gasteiger partial charge < -0.3 is 4.74 Å². The third kappa shape index (κ3) is 4.72. The molecule has 4 nitrogen and oxygen atoms in total. The van der Waals surface area contributed by atoms with Gasteiger partial charge in [0.05, 0.1) is 5.41 Å². The molecule has 2 aliphatic rings.